The number of aromatic nitrogens is 3. The first-order chi connectivity index (χ1) is 9.74. The molecular weight excluding hydrogens is 248 g/mol. The fraction of sp³-hybridized carbons (Fsp3) is 0.0625. The van der Waals surface area contributed by atoms with Crippen molar-refractivity contribution < 1.29 is 0 Å². The Kier molecular flexibility index (Phi) is 3.13. The van der Waals surface area contributed by atoms with Gasteiger partial charge in [0.1, 0.15) is 11.5 Å². The van der Waals surface area contributed by atoms with Crippen LogP contribution in [-0.2, 0) is 0 Å². The maximum absolute atomic E-state index is 5.89. The molecule has 98 valence electrons. The average molecular weight is 262 g/mol. The molecule has 2 aromatic carbocycles. The second-order valence-electron chi connectivity index (χ2n) is 4.54. The van der Waals surface area contributed by atoms with Gasteiger partial charge in [-0.05, 0) is 18.1 Å². The highest BCUT2D eigenvalue weighted by molar-refractivity contribution is 5.73. The number of benzene rings is 2. The molecule has 3 rings (SSSR count). The standard InChI is InChI=1S/C16H14N4/c1-11-18-16(17)15(20-19-11)14-9-7-13(8-10-14)12-5-3-2-4-6-12/h2-10H,1H3,(H2,17,18,19). The van der Waals surface area contributed by atoms with Crippen LogP contribution in [0.1, 0.15) is 5.82 Å². The third kappa shape index (κ3) is 2.36. The van der Waals surface area contributed by atoms with Gasteiger partial charge in [0, 0.05) is 5.56 Å². The van der Waals surface area contributed by atoms with Gasteiger partial charge in [-0.3, -0.25) is 0 Å². The molecule has 4 heteroatoms. The zero-order chi connectivity index (χ0) is 13.9. The van der Waals surface area contributed by atoms with Crippen molar-refractivity contribution in [2.75, 3.05) is 5.73 Å². The highest BCUT2D eigenvalue weighted by atomic mass is 15.2. The van der Waals surface area contributed by atoms with Crippen LogP contribution in [0.15, 0.2) is 54.6 Å². The minimum atomic E-state index is 0.407. The van der Waals surface area contributed by atoms with Crippen molar-refractivity contribution in [2.24, 2.45) is 0 Å². The quantitative estimate of drug-likeness (QED) is 0.770. The molecule has 3 aromatic rings. The summed E-state index contributed by atoms with van der Waals surface area (Å²) in [5, 5.41) is 8.07. The Hall–Kier alpha value is -2.75. The Bertz CT molecular complexity index is 721. The normalized spacial score (nSPS) is 10.4. The van der Waals surface area contributed by atoms with Gasteiger partial charge in [-0.2, -0.15) is 0 Å². The number of aryl methyl sites for hydroxylation is 1. The molecule has 0 aliphatic heterocycles. The third-order valence-corrected chi connectivity index (χ3v) is 3.09. The summed E-state index contributed by atoms with van der Waals surface area (Å²) in [7, 11) is 0. The Morgan fingerprint density at radius 1 is 0.750 bits per heavy atom. The molecule has 0 saturated carbocycles. The number of hydrogen-bond donors (Lipinski definition) is 1. The third-order valence-electron chi connectivity index (χ3n) is 3.09. The van der Waals surface area contributed by atoms with Crippen LogP contribution in [0.25, 0.3) is 22.4 Å². The van der Waals surface area contributed by atoms with Gasteiger partial charge in [-0.1, -0.05) is 54.6 Å². The van der Waals surface area contributed by atoms with Crippen molar-refractivity contribution in [3.63, 3.8) is 0 Å². The van der Waals surface area contributed by atoms with Gasteiger partial charge >= 0.3 is 0 Å². The van der Waals surface area contributed by atoms with Crippen molar-refractivity contribution in [1.29, 1.82) is 0 Å². The second-order valence-corrected chi connectivity index (χ2v) is 4.54. The number of anilines is 1. The SMILES string of the molecule is Cc1nnc(-c2ccc(-c3ccccc3)cc2)c(N)n1. The van der Waals surface area contributed by atoms with Crippen molar-refractivity contribution in [3.05, 3.63) is 60.4 Å². The molecule has 0 fully saturated rings. The molecule has 0 amide bonds. The molecule has 0 bridgehead atoms. The monoisotopic (exact) mass is 262 g/mol. The van der Waals surface area contributed by atoms with Crippen molar-refractivity contribution >= 4 is 5.82 Å². The topological polar surface area (TPSA) is 64.7 Å². The van der Waals surface area contributed by atoms with E-state index in [-0.39, 0.29) is 0 Å². The van der Waals surface area contributed by atoms with E-state index < -0.39 is 0 Å². The molecule has 0 atom stereocenters. The zero-order valence-electron chi connectivity index (χ0n) is 11.1. The maximum Gasteiger partial charge on any atom is 0.154 e. The summed E-state index contributed by atoms with van der Waals surface area (Å²) in [6.07, 6.45) is 0. The summed E-state index contributed by atoms with van der Waals surface area (Å²) in [6.45, 7) is 1.77. The smallest absolute Gasteiger partial charge is 0.154 e. The molecule has 1 heterocycles. The van der Waals surface area contributed by atoms with Crippen molar-refractivity contribution in [1.82, 2.24) is 15.2 Å². The molecule has 0 saturated heterocycles. The van der Waals surface area contributed by atoms with Gasteiger partial charge in [0.2, 0.25) is 0 Å². The van der Waals surface area contributed by atoms with E-state index in [0.29, 0.717) is 17.3 Å². The summed E-state index contributed by atoms with van der Waals surface area (Å²) in [5.74, 6) is 0.983. The number of hydrogen-bond acceptors (Lipinski definition) is 4. The first-order valence-electron chi connectivity index (χ1n) is 6.37. The van der Waals surface area contributed by atoms with E-state index in [9.17, 15) is 0 Å². The Labute approximate surface area is 117 Å². The first-order valence-corrected chi connectivity index (χ1v) is 6.37. The number of rotatable bonds is 2. The fourth-order valence-corrected chi connectivity index (χ4v) is 2.08. The lowest BCUT2D eigenvalue weighted by atomic mass is 10.0. The van der Waals surface area contributed by atoms with Gasteiger partial charge in [-0.25, -0.2) is 4.98 Å². The van der Waals surface area contributed by atoms with Crippen LogP contribution in [-0.4, -0.2) is 15.2 Å². The van der Waals surface area contributed by atoms with Crippen LogP contribution in [0.3, 0.4) is 0 Å². The molecule has 2 N–H and O–H groups in total. The summed E-state index contributed by atoms with van der Waals surface area (Å²) in [6, 6.07) is 18.3. The molecule has 1 aromatic heterocycles. The van der Waals surface area contributed by atoms with E-state index >= 15 is 0 Å². The lowest BCUT2D eigenvalue weighted by Gasteiger charge is -2.05. The van der Waals surface area contributed by atoms with E-state index in [2.05, 4.69) is 27.3 Å². The second kappa shape index (κ2) is 5.09. The first kappa shape index (κ1) is 12.3. The summed E-state index contributed by atoms with van der Waals surface area (Å²) < 4.78 is 0. The minimum absolute atomic E-state index is 0.407. The summed E-state index contributed by atoms with van der Waals surface area (Å²) >= 11 is 0. The summed E-state index contributed by atoms with van der Waals surface area (Å²) in [5.41, 5.74) is 9.76. The molecule has 0 radical (unpaired) electrons. The van der Waals surface area contributed by atoms with Crippen molar-refractivity contribution in [2.45, 2.75) is 6.92 Å². The van der Waals surface area contributed by atoms with Gasteiger partial charge < -0.3 is 5.73 Å². The Balaban J connectivity index is 1.97. The molecule has 0 unspecified atom stereocenters. The minimum Gasteiger partial charge on any atom is -0.382 e. The summed E-state index contributed by atoms with van der Waals surface area (Å²) in [4.78, 5) is 4.13. The van der Waals surface area contributed by atoms with E-state index in [4.69, 9.17) is 5.73 Å². The molecule has 0 spiro atoms. The Morgan fingerprint density at radius 2 is 1.35 bits per heavy atom. The zero-order valence-corrected chi connectivity index (χ0v) is 11.1. The van der Waals surface area contributed by atoms with E-state index in [0.717, 1.165) is 11.1 Å². The molecular formula is C16H14N4. The number of nitrogens with zero attached hydrogens (tertiary/aromatic N) is 3. The van der Waals surface area contributed by atoms with Gasteiger partial charge in [0.25, 0.3) is 0 Å². The Morgan fingerprint density at radius 3 is 2.00 bits per heavy atom. The highest BCUT2D eigenvalue weighted by Crippen LogP contribution is 2.25. The lowest BCUT2D eigenvalue weighted by molar-refractivity contribution is 0.920. The molecule has 4 nitrogen and oxygen atoms in total. The maximum atomic E-state index is 5.89. The number of nitrogens with two attached hydrogens (primary N) is 1. The average Bonchev–Trinajstić information content (AvgIpc) is 2.48. The predicted octanol–water partition coefficient (Wildman–Crippen LogP) is 3.10. The predicted molar refractivity (Wildman–Crippen MR) is 79.8 cm³/mol. The van der Waals surface area contributed by atoms with Crippen LogP contribution in [0.2, 0.25) is 0 Å². The van der Waals surface area contributed by atoms with E-state index in [1.54, 1.807) is 6.92 Å². The molecule has 20 heavy (non-hydrogen) atoms. The lowest BCUT2D eigenvalue weighted by Crippen LogP contribution is -2.01. The fourth-order valence-electron chi connectivity index (χ4n) is 2.08. The van der Waals surface area contributed by atoms with E-state index in [1.165, 1.54) is 5.56 Å². The largest absolute Gasteiger partial charge is 0.382 e. The van der Waals surface area contributed by atoms with Crippen LogP contribution in [0.5, 0.6) is 0 Å². The molecule has 0 aliphatic carbocycles. The van der Waals surface area contributed by atoms with Gasteiger partial charge in [-0.15, -0.1) is 10.2 Å². The van der Waals surface area contributed by atoms with Gasteiger partial charge in [0.05, 0.1) is 0 Å². The highest BCUT2D eigenvalue weighted by Gasteiger charge is 2.07. The molecule has 0 aliphatic rings. The van der Waals surface area contributed by atoms with Crippen LogP contribution in [0.4, 0.5) is 5.82 Å². The van der Waals surface area contributed by atoms with Gasteiger partial charge in [0.15, 0.2) is 5.82 Å². The van der Waals surface area contributed by atoms with Crippen LogP contribution < -0.4 is 5.73 Å². The number of nitrogen functional groups attached to an aromatic ring is 1. The van der Waals surface area contributed by atoms with E-state index in [1.807, 2.05) is 42.5 Å². The van der Waals surface area contributed by atoms with Crippen molar-refractivity contribution in [3.8, 4) is 22.4 Å². The van der Waals surface area contributed by atoms with Crippen LogP contribution in [0, 0.1) is 6.92 Å². The van der Waals surface area contributed by atoms with Crippen LogP contribution >= 0.6 is 0 Å².